The molecule has 0 saturated heterocycles. The Morgan fingerprint density at radius 2 is 1.70 bits per heavy atom. The first-order chi connectivity index (χ1) is 14.2. The number of unbranched alkanes of at least 4 members (excludes halogenated alkanes) is 6. The summed E-state index contributed by atoms with van der Waals surface area (Å²) in [4.78, 5) is 20.4. The zero-order valence-electron chi connectivity index (χ0n) is 17.4. The van der Waals surface area contributed by atoms with Gasteiger partial charge in [-0.05, 0) is 18.6 Å². The number of hydrogen-bond donors (Lipinski definition) is 4. The van der Waals surface area contributed by atoms with Gasteiger partial charge in [-0.2, -0.15) is 0 Å². The van der Waals surface area contributed by atoms with E-state index in [1.807, 2.05) is 0 Å². The van der Waals surface area contributed by atoms with Gasteiger partial charge in [-0.1, -0.05) is 51.5 Å². The third kappa shape index (κ3) is 17.5. The fourth-order valence-corrected chi connectivity index (χ4v) is 2.49. The van der Waals surface area contributed by atoms with Crippen molar-refractivity contribution in [2.45, 2.75) is 70.8 Å². The van der Waals surface area contributed by atoms with Crippen molar-refractivity contribution in [3.63, 3.8) is 0 Å². The summed E-state index contributed by atoms with van der Waals surface area (Å²) in [5.74, 6) is -2.38. The highest BCUT2D eigenvalue weighted by molar-refractivity contribution is 5.80. The fraction of sp³-hybridized carbons (Fsp3) is 0.545. The van der Waals surface area contributed by atoms with E-state index >= 15 is 0 Å². The second kappa shape index (κ2) is 17.3. The molecular formula is C22H33FO7. The molecule has 0 aliphatic carbocycles. The molecule has 1 rings (SSSR count). The molecule has 0 aromatic heterocycles. The van der Waals surface area contributed by atoms with E-state index in [4.69, 9.17) is 25.2 Å². The molecule has 170 valence electrons. The first-order valence-corrected chi connectivity index (χ1v) is 10.1. The van der Waals surface area contributed by atoms with Crippen molar-refractivity contribution in [2.24, 2.45) is 0 Å². The molecule has 1 aromatic rings. The van der Waals surface area contributed by atoms with Crippen molar-refractivity contribution in [2.75, 3.05) is 6.61 Å². The molecule has 0 spiro atoms. The molecule has 0 fully saturated rings. The molecule has 0 aliphatic rings. The lowest BCUT2D eigenvalue weighted by Gasteiger charge is -2.10. The summed E-state index contributed by atoms with van der Waals surface area (Å²) >= 11 is 0. The molecule has 1 aromatic carbocycles. The molecular weight excluding hydrogens is 395 g/mol. The Kier molecular flexibility index (Phi) is 15.8. The maximum Gasteiger partial charge on any atom is 0.331 e. The number of rotatable bonds is 14. The molecule has 0 aliphatic heterocycles. The summed E-state index contributed by atoms with van der Waals surface area (Å²) in [6, 6.07) is 5.42. The molecule has 0 bridgehead atoms. The Balaban J connectivity index is 0.000000561. The van der Waals surface area contributed by atoms with Gasteiger partial charge < -0.3 is 25.2 Å². The Hall–Kier alpha value is -2.61. The van der Waals surface area contributed by atoms with Gasteiger partial charge in [-0.25, -0.2) is 9.18 Å². The Bertz CT molecular complexity index is 646. The Labute approximate surface area is 176 Å². The van der Waals surface area contributed by atoms with E-state index in [2.05, 4.69) is 6.92 Å². The standard InChI is InChI=1S/C12H22O3.C10H11FO4/c1-2-3-4-5-6-7-8-9-11(13)10-12(14)15;11-7-2-1-3-9(4-7)15-6-8(12)5-10(13)14/h10,13H,2-9H2,1H3,(H,14,15);1-4,8,12H,5-6H2,(H,13,14). The summed E-state index contributed by atoms with van der Waals surface area (Å²) in [5.41, 5.74) is 0. The molecule has 8 heteroatoms. The van der Waals surface area contributed by atoms with Crippen LogP contribution in [-0.2, 0) is 9.59 Å². The number of aliphatic hydroxyl groups excluding tert-OH is 2. The summed E-state index contributed by atoms with van der Waals surface area (Å²) < 4.78 is 17.7. The molecule has 1 unspecified atom stereocenters. The van der Waals surface area contributed by atoms with E-state index in [-0.39, 0.29) is 18.1 Å². The van der Waals surface area contributed by atoms with Crippen molar-refractivity contribution in [3.8, 4) is 5.75 Å². The summed E-state index contributed by atoms with van der Waals surface area (Å²) in [7, 11) is 0. The van der Waals surface area contributed by atoms with Crippen molar-refractivity contribution in [1.29, 1.82) is 0 Å². The lowest BCUT2D eigenvalue weighted by Crippen LogP contribution is -2.21. The number of carbonyl (C=O) groups is 2. The minimum absolute atomic E-state index is 0.0175. The van der Waals surface area contributed by atoms with E-state index in [1.54, 1.807) is 0 Å². The normalized spacial score (nSPS) is 11.9. The number of benzene rings is 1. The van der Waals surface area contributed by atoms with Crippen LogP contribution in [0.2, 0.25) is 0 Å². The molecule has 30 heavy (non-hydrogen) atoms. The van der Waals surface area contributed by atoms with Gasteiger partial charge in [0.05, 0.1) is 24.4 Å². The molecule has 4 N–H and O–H groups in total. The first kappa shape index (κ1) is 27.4. The maximum atomic E-state index is 12.7. The van der Waals surface area contributed by atoms with Crippen LogP contribution in [-0.4, -0.2) is 45.1 Å². The number of hydrogen-bond acceptors (Lipinski definition) is 5. The molecule has 7 nitrogen and oxygen atoms in total. The molecule has 0 heterocycles. The summed E-state index contributed by atoms with van der Waals surface area (Å²) in [5, 5.41) is 35.0. The quantitative estimate of drug-likeness (QED) is 0.192. The smallest absolute Gasteiger partial charge is 0.331 e. The van der Waals surface area contributed by atoms with Crippen LogP contribution in [0, 0.1) is 5.82 Å². The number of aliphatic carboxylic acids is 2. The van der Waals surface area contributed by atoms with Crippen LogP contribution in [0.5, 0.6) is 5.75 Å². The van der Waals surface area contributed by atoms with Crippen LogP contribution in [0.25, 0.3) is 0 Å². The average molecular weight is 428 g/mol. The van der Waals surface area contributed by atoms with Crippen molar-refractivity contribution in [3.05, 3.63) is 41.9 Å². The van der Waals surface area contributed by atoms with Gasteiger partial charge in [0.15, 0.2) is 0 Å². The predicted molar refractivity (Wildman–Crippen MR) is 111 cm³/mol. The van der Waals surface area contributed by atoms with Gasteiger partial charge in [0.25, 0.3) is 0 Å². The SMILES string of the molecule is CCCCCCCCCC(O)=CC(=O)O.O=C(O)CC(O)COc1cccc(F)c1. The zero-order valence-corrected chi connectivity index (χ0v) is 17.4. The molecule has 0 amide bonds. The monoisotopic (exact) mass is 428 g/mol. The number of carboxylic acid groups (broad SMARTS) is 2. The minimum atomic E-state index is -1.11. The lowest BCUT2D eigenvalue weighted by atomic mass is 10.1. The van der Waals surface area contributed by atoms with Gasteiger partial charge >= 0.3 is 11.9 Å². The van der Waals surface area contributed by atoms with Crippen LogP contribution in [0.3, 0.4) is 0 Å². The van der Waals surface area contributed by atoms with Crippen LogP contribution < -0.4 is 4.74 Å². The summed E-state index contributed by atoms with van der Waals surface area (Å²) in [6.07, 6.45) is 8.08. The Morgan fingerprint density at radius 1 is 1.07 bits per heavy atom. The lowest BCUT2D eigenvalue weighted by molar-refractivity contribution is -0.139. The van der Waals surface area contributed by atoms with Gasteiger partial charge in [0.2, 0.25) is 0 Å². The van der Waals surface area contributed by atoms with Crippen molar-refractivity contribution >= 4 is 11.9 Å². The second-order valence-corrected chi connectivity index (χ2v) is 6.87. The molecule has 0 saturated carbocycles. The van der Waals surface area contributed by atoms with Crippen molar-refractivity contribution < 1.29 is 39.1 Å². The van der Waals surface area contributed by atoms with Crippen LogP contribution in [0.1, 0.15) is 64.7 Å². The van der Waals surface area contributed by atoms with Crippen LogP contribution >= 0.6 is 0 Å². The van der Waals surface area contributed by atoms with Gasteiger partial charge in [0, 0.05) is 12.5 Å². The third-order valence-electron chi connectivity index (χ3n) is 3.98. The topological polar surface area (TPSA) is 124 Å². The van der Waals surface area contributed by atoms with E-state index < -0.39 is 30.3 Å². The Morgan fingerprint density at radius 3 is 2.27 bits per heavy atom. The molecule has 0 radical (unpaired) electrons. The number of carboxylic acids is 2. The second-order valence-electron chi connectivity index (χ2n) is 6.87. The number of ether oxygens (including phenoxy) is 1. The first-order valence-electron chi connectivity index (χ1n) is 10.1. The highest BCUT2D eigenvalue weighted by atomic mass is 19.1. The van der Waals surface area contributed by atoms with Crippen LogP contribution in [0.4, 0.5) is 4.39 Å². The van der Waals surface area contributed by atoms with Crippen molar-refractivity contribution in [1.82, 2.24) is 0 Å². The van der Waals surface area contributed by atoms with Gasteiger partial charge in [-0.3, -0.25) is 4.79 Å². The van der Waals surface area contributed by atoms with Crippen LogP contribution in [0.15, 0.2) is 36.1 Å². The zero-order chi connectivity index (χ0) is 22.8. The maximum absolute atomic E-state index is 12.7. The third-order valence-corrected chi connectivity index (χ3v) is 3.98. The number of halogens is 1. The minimum Gasteiger partial charge on any atom is -0.512 e. The van der Waals surface area contributed by atoms with Gasteiger partial charge in [0.1, 0.15) is 18.2 Å². The van der Waals surface area contributed by atoms with Gasteiger partial charge in [-0.15, -0.1) is 0 Å². The predicted octanol–water partition coefficient (Wildman–Crippen LogP) is 4.69. The number of aliphatic hydroxyl groups is 2. The molecule has 1 atom stereocenters. The van der Waals surface area contributed by atoms with E-state index in [9.17, 15) is 14.0 Å². The van der Waals surface area contributed by atoms with E-state index in [1.165, 1.54) is 50.3 Å². The fourth-order valence-electron chi connectivity index (χ4n) is 2.49. The van der Waals surface area contributed by atoms with E-state index in [0.29, 0.717) is 6.42 Å². The largest absolute Gasteiger partial charge is 0.512 e. The number of allylic oxidation sites excluding steroid dienone is 1. The average Bonchev–Trinajstić information content (AvgIpc) is 2.65. The van der Waals surface area contributed by atoms with E-state index in [0.717, 1.165) is 25.0 Å². The summed E-state index contributed by atoms with van der Waals surface area (Å²) in [6.45, 7) is 2.02. The highest BCUT2D eigenvalue weighted by Gasteiger charge is 2.10. The highest BCUT2D eigenvalue weighted by Crippen LogP contribution is 2.12.